The molecule has 5 saturated heterocycles. The van der Waals surface area contributed by atoms with E-state index in [-0.39, 0.29) is 24.0 Å². The van der Waals surface area contributed by atoms with Crippen LogP contribution in [-0.4, -0.2) is 209 Å². The van der Waals surface area contributed by atoms with Crippen molar-refractivity contribution in [3.63, 3.8) is 0 Å². The molecule has 5 heterocycles. The molecule has 5 aliphatic heterocycles. The van der Waals surface area contributed by atoms with Gasteiger partial charge in [0, 0.05) is 58.9 Å². The average Bonchev–Trinajstić information content (AvgIpc) is 1.43. The Bertz CT molecular complexity index is 2540. The summed E-state index contributed by atoms with van der Waals surface area (Å²) in [6.45, 7) is 19.0. The van der Waals surface area contributed by atoms with Crippen LogP contribution < -0.4 is 26.6 Å². The quantitative estimate of drug-likeness (QED) is 0.0172. The van der Waals surface area contributed by atoms with Crippen molar-refractivity contribution in [1.29, 1.82) is 0 Å². The zero-order chi connectivity index (χ0) is 72.0. The molecule has 0 aromatic rings. The minimum atomic E-state index is -2.13. The third-order valence-electron chi connectivity index (χ3n) is 21.4. The lowest BCUT2D eigenvalue weighted by Crippen LogP contribution is -2.70. The van der Waals surface area contributed by atoms with E-state index in [2.05, 4.69) is 73.4 Å². The first-order valence-corrected chi connectivity index (χ1v) is 37.8. The minimum Gasteiger partial charge on any atom is -0.479 e. The number of aliphatic hydroxyl groups is 4. The van der Waals surface area contributed by atoms with Crippen LogP contribution in [0.15, 0.2) is 12.2 Å². The highest BCUT2D eigenvalue weighted by molar-refractivity contribution is 5.78. The first kappa shape index (κ1) is 82.3. The molecule has 2 aliphatic carbocycles. The monoisotopic (exact) mass is 1410 g/mol. The number of carboxylic acid groups (broad SMARTS) is 1. The van der Waals surface area contributed by atoms with Gasteiger partial charge in [-0.05, 0) is 120 Å². The smallest absolute Gasteiger partial charge is 0.335 e. The summed E-state index contributed by atoms with van der Waals surface area (Å²) in [4.78, 5) is 78.1. The Labute approximate surface area is 587 Å². The van der Waals surface area contributed by atoms with Gasteiger partial charge in [0.15, 0.2) is 37.6 Å². The second-order valence-electron chi connectivity index (χ2n) is 30.0. The van der Waals surface area contributed by atoms with Crippen molar-refractivity contribution in [2.45, 2.75) is 371 Å². The Hall–Kier alpha value is -4.00. The van der Waals surface area contributed by atoms with E-state index in [9.17, 15) is 54.3 Å². The van der Waals surface area contributed by atoms with Crippen LogP contribution in [0.3, 0.4) is 0 Å². The number of hydrogen-bond acceptors (Lipinski definition) is 20. The van der Waals surface area contributed by atoms with Crippen LogP contribution in [0, 0.1) is 23.2 Å². The lowest BCUT2D eigenvalue weighted by atomic mass is 9.73. The number of carbonyl (C=O) groups is 6. The van der Waals surface area contributed by atoms with Crippen molar-refractivity contribution in [3.8, 4) is 0 Å². The predicted molar refractivity (Wildman–Crippen MR) is 365 cm³/mol. The molecule has 99 heavy (non-hydrogen) atoms. The molecule has 0 bridgehead atoms. The van der Waals surface area contributed by atoms with E-state index in [1.165, 1.54) is 91.9 Å². The van der Waals surface area contributed by atoms with Crippen LogP contribution in [0.2, 0.25) is 0 Å². The molecular weight excluding hydrogens is 1280 g/mol. The van der Waals surface area contributed by atoms with E-state index in [0.29, 0.717) is 81.8 Å². The number of hydrogen-bond donors (Lipinski definition) is 10. The lowest BCUT2D eigenvalue weighted by Gasteiger charge is -2.50. The van der Waals surface area contributed by atoms with E-state index < -0.39 is 147 Å². The van der Waals surface area contributed by atoms with Gasteiger partial charge in [0.05, 0.1) is 12.2 Å². The first-order valence-electron chi connectivity index (χ1n) is 37.8. The molecule has 568 valence electrons. The molecule has 10 N–H and O–H groups in total. The fraction of sp³-hybridized carbons (Fsp3) is 0.890. The highest BCUT2D eigenvalue weighted by Crippen LogP contribution is 2.58. The first-order chi connectivity index (χ1) is 47.3. The van der Waals surface area contributed by atoms with Crippen LogP contribution in [0.5, 0.6) is 0 Å². The summed E-state index contributed by atoms with van der Waals surface area (Å²) >= 11 is 0. The summed E-state index contributed by atoms with van der Waals surface area (Å²) in [5.74, 6) is -1.74. The van der Waals surface area contributed by atoms with E-state index in [1.54, 1.807) is 6.92 Å². The summed E-state index contributed by atoms with van der Waals surface area (Å²) < 4.78 is 62.0. The summed E-state index contributed by atoms with van der Waals surface area (Å²) in [5, 5.41) is 71.6. The molecule has 0 radical (unpaired) electrons. The number of amides is 5. The van der Waals surface area contributed by atoms with E-state index in [4.69, 9.17) is 47.4 Å². The highest BCUT2D eigenvalue weighted by Gasteiger charge is 2.62. The Morgan fingerprint density at radius 2 is 1.16 bits per heavy atom. The van der Waals surface area contributed by atoms with E-state index >= 15 is 0 Å². The number of aliphatic hydroxyl groups excluding tert-OH is 4. The third kappa shape index (κ3) is 24.6. The summed E-state index contributed by atoms with van der Waals surface area (Å²) in [7, 11) is 0. The molecular formula is C73H125N5O21. The van der Waals surface area contributed by atoms with Crippen LogP contribution in [0.25, 0.3) is 0 Å². The largest absolute Gasteiger partial charge is 0.479 e. The lowest BCUT2D eigenvalue weighted by molar-refractivity contribution is -0.371. The number of fused-ring (bicyclic) bond motifs is 2. The van der Waals surface area contributed by atoms with Gasteiger partial charge in [0.1, 0.15) is 73.1 Å². The standard InChI is InChI=1S/C73H125N5O21/c1-11-13-14-15-16-20-27-40-90-60-45(6)93-68(53(57(60)85)75-46(7)79)97-64-59(87)58(86)63(66(88)89)96-70(64)94-61-54(76-47(8)80)69(92-44(5)56(61)84)95-62-55(77-48(9)81)67(99-71-65(62)98-71)91-41-28-21-26-39-74-51(82)35-23-24-36-52(83)78-73(12-2,38-30-31-43(3)4)49-32-22-18-17-19-25-37-72(10)42-50(72)34-29-33-49/h30-31,43-45,49-50,53-65,67-71,84-87H,11-29,32-42H2,1-10H3,(H,74,82)(H,75,79)(H,76,80)(H,77,81)(H,78,83)(H,88,89)/b31-30-/t44?,45?,49?,50?,53?,54?,55?,56-,57?,58+,59?,60-,61?,62?,63?,64?,65-,67-,68+,69+,70-,71?,72+,73?/m1/s1. The summed E-state index contributed by atoms with van der Waals surface area (Å²) in [6.07, 6.45) is 6.29. The number of carboxylic acids is 1. The van der Waals surface area contributed by atoms with Gasteiger partial charge in [-0.3, -0.25) is 24.0 Å². The molecule has 7 aliphatic rings. The number of allylic oxidation sites excluding steroid dienone is 1. The maximum absolute atomic E-state index is 13.8. The SMILES string of the molecule is CCCCCCCCCO[C@@H]1C(C)O[C@@H](OC2C(O)[C@H](O)C(C(=O)O)O[C@H]2OC2C(NC(C)=O)[C@H](OC3C(NC(C)=O)[C@H](OCCCCCNC(=O)CCCCC(=O)NC(CC)(C/C=C\C(C)C)C4CCCCCCC[C@@]5(C)CC5CCC4)OC4O[C@@H]43)OC(C)[C@H]2O)C(NC(C)=O)C1O. The Kier molecular flexibility index (Phi) is 33.5. The fourth-order valence-electron chi connectivity index (χ4n) is 15.4. The van der Waals surface area contributed by atoms with Gasteiger partial charge in [-0.1, -0.05) is 124 Å². The number of nitrogens with one attached hydrogen (secondary N) is 5. The molecule has 2 saturated carbocycles. The topological polar surface area (TPSA) is 359 Å². The normalized spacial score (nSPS) is 36.4. The van der Waals surface area contributed by atoms with Crippen LogP contribution >= 0.6 is 0 Å². The van der Waals surface area contributed by atoms with Crippen molar-refractivity contribution < 1.29 is 102 Å². The highest BCUT2D eigenvalue weighted by atomic mass is 16.8. The van der Waals surface area contributed by atoms with Crippen molar-refractivity contribution >= 4 is 35.5 Å². The van der Waals surface area contributed by atoms with Gasteiger partial charge in [-0.2, -0.15) is 0 Å². The molecule has 7 rings (SSSR count). The van der Waals surface area contributed by atoms with Gasteiger partial charge >= 0.3 is 5.97 Å². The van der Waals surface area contributed by atoms with Gasteiger partial charge < -0.3 is 99.5 Å². The van der Waals surface area contributed by atoms with E-state index in [1.807, 2.05) is 0 Å². The van der Waals surface area contributed by atoms with Gasteiger partial charge in [-0.15, -0.1) is 0 Å². The molecule has 0 aromatic heterocycles. The average molecular weight is 1410 g/mol. The third-order valence-corrected chi connectivity index (χ3v) is 21.4. The molecule has 26 heteroatoms. The summed E-state index contributed by atoms with van der Waals surface area (Å²) in [5.41, 5.74) is 0.226. The fourth-order valence-corrected chi connectivity index (χ4v) is 15.4. The Balaban J connectivity index is 0.913. The Morgan fingerprint density at radius 1 is 0.576 bits per heavy atom. The zero-order valence-electron chi connectivity index (χ0n) is 60.9. The van der Waals surface area contributed by atoms with Crippen molar-refractivity contribution in [2.24, 2.45) is 23.2 Å². The van der Waals surface area contributed by atoms with Crippen LogP contribution in [0.1, 0.15) is 243 Å². The number of ether oxygens (including phenoxy) is 10. The molecule has 7 fully saturated rings. The van der Waals surface area contributed by atoms with E-state index in [0.717, 1.165) is 63.7 Å². The van der Waals surface area contributed by atoms with Gasteiger partial charge in [0.25, 0.3) is 0 Å². The number of carbonyl (C=O) groups excluding carboxylic acids is 5. The zero-order valence-corrected chi connectivity index (χ0v) is 60.9. The molecule has 24 atom stereocenters. The molecule has 0 spiro atoms. The number of epoxide rings is 1. The van der Waals surface area contributed by atoms with Gasteiger partial charge in [0.2, 0.25) is 29.5 Å². The van der Waals surface area contributed by atoms with Crippen molar-refractivity contribution in [2.75, 3.05) is 19.8 Å². The predicted octanol–water partition coefficient (Wildman–Crippen LogP) is 6.90. The molecule has 0 aromatic carbocycles. The number of unbranched alkanes of at least 4 members (excludes halogenated alkanes) is 9. The van der Waals surface area contributed by atoms with Crippen LogP contribution in [0.4, 0.5) is 0 Å². The van der Waals surface area contributed by atoms with Gasteiger partial charge in [-0.25, -0.2) is 4.79 Å². The number of rotatable bonds is 37. The number of aliphatic carboxylic acids is 1. The van der Waals surface area contributed by atoms with Crippen LogP contribution in [-0.2, 0) is 76.1 Å². The molecule has 5 amide bonds. The summed E-state index contributed by atoms with van der Waals surface area (Å²) in [6, 6.07) is -3.83. The minimum absolute atomic E-state index is 0.0597. The second kappa shape index (κ2) is 40.3. The molecule has 26 nitrogen and oxygen atoms in total. The molecule has 15 unspecified atom stereocenters. The maximum atomic E-state index is 13.8. The van der Waals surface area contributed by atoms with Crippen molar-refractivity contribution in [3.05, 3.63) is 12.2 Å². The maximum Gasteiger partial charge on any atom is 0.335 e. The second-order valence-corrected chi connectivity index (χ2v) is 30.0. The Morgan fingerprint density at radius 3 is 1.84 bits per heavy atom. The van der Waals surface area contributed by atoms with Crippen molar-refractivity contribution in [1.82, 2.24) is 26.6 Å².